The van der Waals surface area contributed by atoms with E-state index in [0.717, 1.165) is 13.0 Å². The van der Waals surface area contributed by atoms with E-state index in [1.807, 2.05) is 7.05 Å². The molecule has 0 saturated carbocycles. The molecule has 1 N–H and O–H groups in total. The van der Waals surface area contributed by atoms with Gasteiger partial charge in [0.2, 0.25) is 0 Å². The lowest BCUT2D eigenvalue weighted by atomic mass is 10.0. The minimum absolute atomic E-state index is 0.372. The number of benzene rings is 2. The maximum Gasteiger partial charge on any atom is 0.0598 e. The van der Waals surface area contributed by atoms with Gasteiger partial charge in [-0.2, -0.15) is 0 Å². The van der Waals surface area contributed by atoms with Gasteiger partial charge in [-0.25, -0.2) is 0 Å². The monoisotopic (exact) mass is 278 g/mol. The fourth-order valence-electron chi connectivity index (χ4n) is 3.00. The number of nitrogens with zero attached hydrogens (tertiary/aromatic N) is 1. The molecule has 0 aliphatic heterocycles. The number of aromatic nitrogens is 1. The summed E-state index contributed by atoms with van der Waals surface area (Å²) in [6.07, 6.45) is 3.30. The van der Waals surface area contributed by atoms with Gasteiger partial charge < -0.3 is 9.88 Å². The molecule has 0 radical (unpaired) electrons. The maximum atomic E-state index is 3.28. The van der Waals surface area contributed by atoms with E-state index < -0.39 is 0 Å². The molecule has 1 atom stereocenters. The van der Waals surface area contributed by atoms with Crippen molar-refractivity contribution in [3.63, 3.8) is 0 Å². The number of fused-ring (bicyclic) bond motifs is 1. The first-order chi connectivity index (χ1) is 10.3. The Kier molecular flexibility index (Phi) is 4.07. The van der Waals surface area contributed by atoms with E-state index in [9.17, 15) is 0 Å². The Bertz CT molecular complexity index is 727. The fourth-order valence-corrected chi connectivity index (χ4v) is 3.00. The minimum atomic E-state index is 0.372. The second kappa shape index (κ2) is 6.15. The zero-order valence-corrected chi connectivity index (χ0v) is 12.7. The van der Waals surface area contributed by atoms with Crippen LogP contribution in [0, 0.1) is 6.92 Å². The largest absolute Gasteiger partial charge is 0.340 e. The summed E-state index contributed by atoms with van der Waals surface area (Å²) in [4.78, 5) is 0. The molecular weight excluding hydrogens is 256 g/mol. The molecule has 3 aromatic rings. The number of aryl methyl sites for hydroxylation is 1. The third kappa shape index (κ3) is 2.86. The number of hydrogen-bond acceptors (Lipinski definition) is 1. The summed E-state index contributed by atoms with van der Waals surface area (Å²) < 4.78 is 2.40. The molecule has 0 fully saturated rings. The molecule has 1 unspecified atom stereocenters. The summed E-state index contributed by atoms with van der Waals surface area (Å²) in [5, 5.41) is 4.58. The normalized spacial score (nSPS) is 12.7. The predicted octanol–water partition coefficient (Wildman–Crippen LogP) is 4.15. The van der Waals surface area contributed by atoms with Crippen LogP contribution in [0.1, 0.15) is 23.6 Å². The molecule has 0 bridgehead atoms. The smallest absolute Gasteiger partial charge is 0.0598 e. The summed E-state index contributed by atoms with van der Waals surface area (Å²) in [7, 11) is 2.01. The lowest BCUT2D eigenvalue weighted by Gasteiger charge is -2.21. The molecule has 0 saturated heterocycles. The molecule has 0 amide bonds. The van der Waals surface area contributed by atoms with Crippen LogP contribution in [0.2, 0.25) is 0 Å². The first-order valence-corrected chi connectivity index (χ1v) is 7.56. The van der Waals surface area contributed by atoms with Crippen LogP contribution in [0.4, 0.5) is 0 Å². The van der Waals surface area contributed by atoms with Gasteiger partial charge in [0.15, 0.2) is 0 Å². The molecule has 2 aromatic carbocycles. The van der Waals surface area contributed by atoms with Crippen LogP contribution in [-0.4, -0.2) is 18.2 Å². The van der Waals surface area contributed by atoms with Crippen molar-refractivity contribution in [3.8, 4) is 0 Å². The summed E-state index contributed by atoms with van der Waals surface area (Å²) >= 11 is 0. The highest BCUT2D eigenvalue weighted by atomic mass is 15.0. The first kappa shape index (κ1) is 13.9. The van der Waals surface area contributed by atoms with E-state index >= 15 is 0 Å². The van der Waals surface area contributed by atoms with E-state index in [1.54, 1.807) is 0 Å². The van der Waals surface area contributed by atoms with Gasteiger partial charge in [0.25, 0.3) is 0 Å². The topological polar surface area (TPSA) is 17.0 Å². The first-order valence-electron chi connectivity index (χ1n) is 7.56. The lowest BCUT2D eigenvalue weighted by Crippen LogP contribution is -2.17. The molecule has 1 aromatic heterocycles. The van der Waals surface area contributed by atoms with Crippen LogP contribution in [-0.2, 0) is 0 Å². The highest BCUT2D eigenvalue weighted by Gasteiger charge is 2.15. The molecule has 0 spiro atoms. The van der Waals surface area contributed by atoms with Crippen LogP contribution < -0.4 is 5.32 Å². The number of rotatable bonds is 5. The van der Waals surface area contributed by atoms with Crippen LogP contribution in [0.5, 0.6) is 0 Å². The third-order valence-electron chi connectivity index (χ3n) is 4.06. The van der Waals surface area contributed by atoms with Gasteiger partial charge in [0.1, 0.15) is 0 Å². The highest BCUT2D eigenvalue weighted by Crippen LogP contribution is 2.28. The van der Waals surface area contributed by atoms with Crippen molar-refractivity contribution in [2.45, 2.75) is 19.4 Å². The van der Waals surface area contributed by atoms with Crippen LogP contribution >= 0.6 is 0 Å². The van der Waals surface area contributed by atoms with Crippen LogP contribution in [0.15, 0.2) is 60.8 Å². The quantitative estimate of drug-likeness (QED) is 0.742. The highest BCUT2D eigenvalue weighted by molar-refractivity contribution is 5.80. The number of hydrogen-bond donors (Lipinski definition) is 1. The Balaban J connectivity index is 2.06. The molecule has 21 heavy (non-hydrogen) atoms. The second-order valence-electron chi connectivity index (χ2n) is 5.60. The number of para-hydroxylation sites is 1. The van der Waals surface area contributed by atoms with Crippen molar-refractivity contribution in [2.75, 3.05) is 13.6 Å². The summed E-state index contributed by atoms with van der Waals surface area (Å²) in [5.41, 5.74) is 4.00. The van der Waals surface area contributed by atoms with E-state index in [4.69, 9.17) is 0 Å². The summed E-state index contributed by atoms with van der Waals surface area (Å²) in [6.45, 7) is 3.16. The van der Waals surface area contributed by atoms with Crippen LogP contribution in [0.3, 0.4) is 0 Å². The molecule has 2 nitrogen and oxygen atoms in total. The molecular formula is C19H22N2. The van der Waals surface area contributed by atoms with E-state index in [-0.39, 0.29) is 0 Å². The zero-order chi connectivity index (χ0) is 14.7. The fraction of sp³-hybridized carbons (Fsp3) is 0.263. The Hall–Kier alpha value is -2.06. The van der Waals surface area contributed by atoms with Gasteiger partial charge in [0.05, 0.1) is 6.04 Å². The van der Waals surface area contributed by atoms with E-state index in [2.05, 4.69) is 77.6 Å². The average Bonchev–Trinajstić information content (AvgIpc) is 2.92. The molecule has 2 heteroatoms. The van der Waals surface area contributed by atoms with Gasteiger partial charge in [-0.05, 0) is 50.0 Å². The van der Waals surface area contributed by atoms with Crippen molar-refractivity contribution < 1.29 is 0 Å². The molecule has 0 aliphatic carbocycles. The second-order valence-corrected chi connectivity index (χ2v) is 5.60. The molecule has 0 aliphatic rings. The Morgan fingerprint density at radius 3 is 2.71 bits per heavy atom. The van der Waals surface area contributed by atoms with E-state index in [1.165, 1.54) is 22.0 Å². The average molecular weight is 278 g/mol. The summed E-state index contributed by atoms with van der Waals surface area (Å²) in [6, 6.07) is 20.0. The number of nitrogens with one attached hydrogen (secondary N) is 1. The lowest BCUT2D eigenvalue weighted by molar-refractivity contribution is 0.539. The van der Waals surface area contributed by atoms with Crippen molar-refractivity contribution >= 4 is 10.9 Å². The SMILES string of the molecule is CNCCC(c1cccc(C)c1)n1ccc2ccccc21. The maximum absolute atomic E-state index is 3.28. The Labute approximate surface area is 126 Å². The van der Waals surface area contributed by atoms with Crippen molar-refractivity contribution in [1.82, 2.24) is 9.88 Å². The molecule has 1 heterocycles. The molecule has 3 rings (SSSR count). The third-order valence-corrected chi connectivity index (χ3v) is 4.06. The zero-order valence-electron chi connectivity index (χ0n) is 12.7. The van der Waals surface area contributed by atoms with Crippen molar-refractivity contribution in [2.24, 2.45) is 0 Å². The molecule has 108 valence electrons. The van der Waals surface area contributed by atoms with Gasteiger partial charge >= 0.3 is 0 Å². The van der Waals surface area contributed by atoms with Gasteiger partial charge in [-0.15, -0.1) is 0 Å². The van der Waals surface area contributed by atoms with Crippen LogP contribution in [0.25, 0.3) is 10.9 Å². The van der Waals surface area contributed by atoms with Gasteiger partial charge in [-0.1, -0.05) is 48.0 Å². The van der Waals surface area contributed by atoms with Gasteiger partial charge in [0, 0.05) is 11.7 Å². The Morgan fingerprint density at radius 1 is 1.05 bits per heavy atom. The standard InChI is InChI=1S/C19H22N2/c1-15-6-5-8-17(14-15)19(10-12-20-2)21-13-11-16-7-3-4-9-18(16)21/h3-9,11,13-14,19-20H,10,12H2,1-2H3. The van der Waals surface area contributed by atoms with Crippen molar-refractivity contribution in [1.29, 1.82) is 0 Å². The Morgan fingerprint density at radius 2 is 1.90 bits per heavy atom. The van der Waals surface area contributed by atoms with Crippen molar-refractivity contribution in [3.05, 3.63) is 71.9 Å². The summed E-state index contributed by atoms with van der Waals surface area (Å²) in [5.74, 6) is 0. The van der Waals surface area contributed by atoms with E-state index in [0.29, 0.717) is 6.04 Å². The predicted molar refractivity (Wildman–Crippen MR) is 89.8 cm³/mol. The van der Waals surface area contributed by atoms with Gasteiger partial charge in [-0.3, -0.25) is 0 Å². The minimum Gasteiger partial charge on any atom is -0.340 e.